The van der Waals surface area contributed by atoms with Crippen molar-refractivity contribution in [1.82, 2.24) is 0 Å². The second kappa shape index (κ2) is 11.5. The number of carbonyl (C=O) groups excluding carboxylic acids is 1. The molecular weight excluding hydrogens is 526 g/mol. The van der Waals surface area contributed by atoms with Gasteiger partial charge in [-0.05, 0) is 30.8 Å². The summed E-state index contributed by atoms with van der Waals surface area (Å²) in [6, 6.07) is 5.09. The van der Waals surface area contributed by atoms with Gasteiger partial charge in [-0.15, -0.1) is 0 Å². The molecular formula is C19H46ClOPRhSi4. The first-order valence-corrected chi connectivity index (χ1v) is 26.9. The van der Waals surface area contributed by atoms with E-state index in [0.717, 1.165) is 0 Å². The predicted octanol–water partition coefficient (Wildman–Crippen LogP) is 8.91. The Labute approximate surface area is 194 Å². The monoisotopic (exact) mass is 571 g/mol. The largest absolute Gasteiger partial charge is 0.276 e. The first-order chi connectivity index (χ1) is 11.2. The van der Waals surface area contributed by atoms with E-state index < -0.39 is 40.2 Å². The zero-order valence-electron chi connectivity index (χ0n) is 20.0. The summed E-state index contributed by atoms with van der Waals surface area (Å²) in [4.78, 5) is 12.9. The van der Waals surface area contributed by atoms with Crippen LogP contribution in [0.5, 0.6) is 0 Å². The molecule has 0 aromatic carbocycles. The molecule has 27 heavy (non-hydrogen) atoms. The summed E-state index contributed by atoms with van der Waals surface area (Å²) in [5.74, 6) is 0. The fourth-order valence-corrected chi connectivity index (χ4v) is 22.5. The first kappa shape index (κ1) is 31.1. The number of hydrogen-bond donors (Lipinski definition) is 0. The third-order valence-electron chi connectivity index (χ3n) is 4.38. The summed E-state index contributed by atoms with van der Waals surface area (Å²) in [6.45, 7) is 29.5. The van der Waals surface area contributed by atoms with E-state index in [1.165, 1.54) is 24.2 Å². The van der Waals surface area contributed by atoms with Crippen molar-refractivity contribution in [3.05, 3.63) is 0 Å². The van der Waals surface area contributed by atoms with Crippen LogP contribution in [0.4, 0.5) is 4.79 Å². The normalized spacial score (nSPS) is 14.1. The molecule has 0 aromatic heterocycles. The quantitative estimate of drug-likeness (QED) is 0.137. The van der Waals surface area contributed by atoms with Crippen molar-refractivity contribution in [2.45, 2.75) is 114 Å². The van der Waals surface area contributed by atoms with Crippen molar-refractivity contribution in [3.8, 4) is 0 Å². The van der Waals surface area contributed by atoms with E-state index in [9.17, 15) is 4.79 Å². The molecule has 0 atom stereocenters. The molecule has 0 amide bonds. The Kier molecular flexibility index (Phi) is 13.2. The molecule has 0 aliphatic heterocycles. The fourth-order valence-electron chi connectivity index (χ4n) is 3.95. The van der Waals surface area contributed by atoms with Crippen molar-refractivity contribution >= 4 is 56.8 Å². The van der Waals surface area contributed by atoms with Gasteiger partial charge in [-0.3, -0.25) is 4.79 Å². The standard InChI is InChI=1S/C19H46ClOPSi4.Rh/c1-23(2,3)13-17(14-24(4,5)6)22(19(20)21)18(15-25(7,8)9)16-26(10,11)12;/h17-18H,13-16H2,1-12H3;. The van der Waals surface area contributed by atoms with Crippen molar-refractivity contribution in [2.75, 3.05) is 0 Å². The summed E-state index contributed by atoms with van der Waals surface area (Å²) < 4.78 is 0. The van der Waals surface area contributed by atoms with Crippen molar-refractivity contribution in [3.63, 3.8) is 0 Å². The van der Waals surface area contributed by atoms with Gasteiger partial charge >= 0.3 is 0 Å². The molecule has 0 aromatic rings. The van der Waals surface area contributed by atoms with E-state index in [2.05, 4.69) is 78.6 Å². The molecule has 1 radical (unpaired) electrons. The smallest absolute Gasteiger partial charge is 0.243 e. The number of rotatable bonds is 11. The fraction of sp³-hybridized carbons (Fsp3) is 0.947. The maximum atomic E-state index is 12.8. The van der Waals surface area contributed by atoms with Gasteiger partial charge < -0.3 is 0 Å². The topological polar surface area (TPSA) is 17.1 Å². The summed E-state index contributed by atoms with van der Waals surface area (Å²) in [5, 5.41) is 0. The molecule has 0 spiro atoms. The molecule has 0 aliphatic carbocycles. The molecule has 1 nitrogen and oxygen atoms in total. The minimum atomic E-state index is -1.24. The molecule has 0 N–H and O–H groups in total. The summed E-state index contributed by atoms with van der Waals surface area (Å²) in [7, 11) is -5.70. The Morgan fingerprint density at radius 1 is 0.630 bits per heavy atom. The number of halogens is 1. The number of carbonyl (C=O) groups is 1. The Morgan fingerprint density at radius 2 is 0.815 bits per heavy atom. The maximum Gasteiger partial charge on any atom is 0.243 e. The molecule has 165 valence electrons. The van der Waals surface area contributed by atoms with Gasteiger partial charge in [0.2, 0.25) is 4.98 Å². The number of hydrogen-bond acceptors (Lipinski definition) is 1. The Hall–Kier alpha value is 1.88. The summed E-state index contributed by atoms with van der Waals surface area (Å²) >= 11 is 6.40. The van der Waals surface area contributed by atoms with E-state index in [4.69, 9.17) is 11.6 Å². The van der Waals surface area contributed by atoms with Crippen LogP contribution >= 0.6 is 19.5 Å². The average molecular weight is 572 g/mol. The Morgan fingerprint density at radius 3 is 0.926 bits per heavy atom. The molecule has 8 heteroatoms. The van der Waals surface area contributed by atoms with Gasteiger partial charge in [-0.2, -0.15) is 0 Å². The molecule has 0 bridgehead atoms. The van der Waals surface area contributed by atoms with Crippen molar-refractivity contribution < 1.29 is 24.3 Å². The van der Waals surface area contributed by atoms with Crippen LogP contribution < -0.4 is 0 Å². The van der Waals surface area contributed by atoms with E-state index >= 15 is 0 Å². The summed E-state index contributed by atoms with van der Waals surface area (Å²) in [6.07, 6.45) is 0. The minimum absolute atomic E-state index is 0. The van der Waals surface area contributed by atoms with Crippen LogP contribution in [0.2, 0.25) is 103 Å². The van der Waals surface area contributed by atoms with E-state index in [0.29, 0.717) is 11.3 Å². The van der Waals surface area contributed by atoms with Crippen LogP contribution in [0.1, 0.15) is 0 Å². The van der Waals surface area contributed by atoms with Gasteiger partial charge in [0.25, 0.3) is 0 Å². The molecule has 0 saturated carbocycles. The van der Waals surface area contributed by atoms with Gasteiger partial charge in [0.1, 0.15) is 0 Å². The van der Waals surface area contributed by atoms with E-state index in [-0.39, 0.29) is 24.5 Å². The zero-order chi connectivity index (χ0) is 21.1. The second-order valence-electron chi connectivity index (χ2n) is 13.0. The van der Waals surface area contributed by atoms with Gasteiger partial charge in [-0.25, -0.2) is 0 Å². The Balaban J connectivity index is 0. The SMILES string of the molecule is C[Si](C)(C)CC(C[Si](C)(C)C)P(C(=O)Cl)C(C[Si](C)(C)C)C[Si](C)(C)C.[Rh]. The van der Waals surface area contributed by atoms with Gasteiger partial charge in [-0.1, -0.05) is 103 Å². The van der Waals surface area contributed by atoms with Gasteiger partial charge in [0.05, 0.1) is 0 Å². The van der Waals surface area contributed by atoms with Gasteiger partial charge in [0.15, 0.2) is 0 Å². The van der Waals surface area contributed by atoms with Crippen molar-refractivity contribution in [2.24, 2.45) is 0 Å². The molecule has 0 unspecified atom stereocenters. The maximum absolute atomic E-state index is 12.8. The second-order valence-corrected chi connectivity index (χ2v) is 38.4. The third-order valence-corrected chi connectivity index (χ3v) is 15.9. The van der Waals surface area contributed by atoms with E-state index in [1.54, 1.807) is 0 Å². The average Bonchev–Trinajstić information content (AvgIpc) is 2.17. The van der Waals surface area contributed by atoms with Gasteiger partial charge in [0, 0.05) is 51.8 Å². The molecule has 0 rings (SSSR count). The molecule has 0 aliphatic rings. The molecule has 0 heterocycles. The van der Waals surface area contributed by atoms with Crippen LogP contribution in [0, 0.1) is 0 Å². The van der Waals surface area contributed by atoms with Crippen LogP contribution in [0.3, 0.4) is 0 Å². The summed E-state index contributed by atoms with van der Waals surface area (Å²) in [5.41, 5.74) is 1.12. The van der Waals surface area contributed by atoms with Crippen LogP contribution in [-0.2, 0) is 19.5 Å². The van der Waals surface area contributed by atoms with Crippen LogP contribution in [0.25, 0.3) is 0 Å². The predicted molar refractivity (Wildman–Crippen MR) is 138 cm³/mol. The zero-order valence-corrected chi connectivity index (χ0v) is 27.3. The van der Waals surface area contributed by atoms with E-state index in [1.807, 2.05) is 0 Å². The first-order valence-electron chi connectivity index (χ1n) is 10.2. The van der Waals surface area contributed by atoms with Crippen molar-refractivity contribution in [1.29, 1.82) is 0 Å². The Bertz CT molecular complexity index is 396. The van der Waals surface area contributed by atoms with Crippen LogP contribution in [0.15, 0.2) is 0 Å². The third kappa shape index (κ3) is 16.3. The molecule has 0 fully saturated rings. The minimum Gasteiger partial charge on any atom is -0.276 e. The van der Waals surface area contributed by atoms with Crippen LogP contribution in [-0.4, -0.2) is 48.6 Å². The molecule has 0 saturated heterocycles.